The van der Waals surface area contributed by atoms with Gasteiger partial charge in [0.2, 0.25) is 0 Å². The molecule has 3 aliphatic heterocycles. The summed E-state index contributed by atoms with van der Waals surface area (Å²) in [5.41, 5.74) is 3.76. The van der Waals surface area contributed by atoms with Crippen LogP contribution in [0.4, 0.5) is 5.69 Å². The second-order valence-corrected chi connectivity index (χ2v) is 7.90. The minimum absolute atomic E-state index is 0.384. The number of piperazine rings is 1. The molecule has 0 unspecified atom stereocenters. The molecule has 0 N–H and O–H groups in total. The Hall–Kier alpha value is -2.12. The van der Waals surface area contributed by atoms with E-state index in [1.165, 1.54) is 16.8 Å². The van der Waals surface area contributed by atoms with Gasteiger partial charge in [0, 0.05) is 57.8 Å². The highest BCUT2D eigenvalue weighted by Crippen LogP contribution is 2.31. The Morgan fingerprint density at radius 1 is 0.857 bits per heavy atom. The number of ether oxygens (including phenoxy) is 2. The van der Waals surface area contributed by atoms with Crippen LogP contribution in [0.25, 0.3) is 0 Å². The number of nitrogens with zero attached hydrogens (tertiary/aromatic N) is 3. The second-order valence-electron chi connectivity index (χ2n) is 7.90. The van der Waals surface area contributed by atoms with Crippen LogP contribution in [0.15, 0.2) is 18.2 Å². The van der Waals surface area contributed by atoms with E-state index in [1.54, 1.807) is 9.80 Å². The van der Waals surface area contributed by atoms with Crippen molar-refractivity contribution in [2.24, 2.45) is 0 Å². The lowest BCUT2D eigenvalue weighted by atomic mass is 10.0. The normalized spacial score (nSPS) is 22.0. The molecule has 0 aromatic heterocycles. The number of aryl methyl sites for hydroxylation is 1. The van der Waals surface area contributed by atoms with Gasteiger partial charge in [0.25, 0.3) is 0 Å². The number of likely N-dealkylation sites (tertiary alicyclic amines) is 1. The molecule has 0 radical (unpaired) electrons. The van der Waals surface area contributed by atoms with Crippen molar-refractivity contribution in [3.63, 3.8) is 0 Å². The van der Waals surface area contributed by atoms with Gasteiger partial charge in [0.05, 0.1) is 13.2 Å². The number of rotatable bonds is 1. The summed E-state index contributed by atoms with van der Waals surface area (Å²) in [4.78, 5) is 31.1. The van der Waals surface area contributed by atoms with Crippen molar-refractivity contribution in [1.29, 1.82) is 0 Å². The molecule has 7 nitrogen and oxygen atoms in total. The Kier molecular flexibility index (Phi) is 5.29. The summed E-state index contributed by atoms with van der Waals surface area (Å²) >= 11 is 0. The first-order valence-corrected chi connectivity index (χ1v) is 10.2. The van der Waals surface area contributed by atoms with Crippen molar-refractivity contribution in [2.75, 3.05) is 57.4 Å². The third kappa shape index (κ3) is 3.61. The first kappa shape index (κ1) is 19.2. The summed E-state index contributed by atoms with van der Waals surface area (Å²) < 4.78 is 11.4. The molecular formula is C21H29N3O4. The summed E-state index contributed by atoms with van der Waals surface area (Å²) in [5, 5.41) is 0. The maximum atomic E-state index is 12.7. The quantitative estimate of drug-likeness (QED) is 0.680. The van der Waals surface area contributed by atoms with Gasteiger partial charge >= 0.3 is 11.8 Å². The smallest absolute Gasteiger partial charge is 0.312 e. The first-order chi connectivity index (χ1) is 13.5. The molecule has 2 amide bonds. The lowest BCUT2D eigenvalue weighted by Gasteiger charge is -2.39. The Morgan fingerprint density at radius 2 is 1.43 bits per heavy atom. The number of hydrogen-bond donors (Lipinski definition) is 0. The highest BCUT2D eigenvalue weighted by Gasteiger charge is 2.42. The molecule has 3 fully saturated rings. The van der Waals surface area contributed by atoms with Crippen molar-refractivity contribution in [3.05, 3.63) is 29.3 Å². The van der Waals surface area contributed by atoms with Gasteiger partial charge in [-0.1, -0.05) is 12.1 Å². The van der Waals surface area contributed by atoms with Crippen LogP contribution in [-0.4, -0.2) is 79.9 Å². The largest absolute Gasteiger partial charge is 0.368 e. The molecule has 4 rings (SSSR count). The van der Waals surface area contributed by atoms with E-state index in [0.717, 1.165) is 13.1 Å². The third-order valence-corrected chi connectivity index (χ3v) is 6.29. The van der Waals surface area contributed by atoms with Crippen LogP contribution in [0.1, 0.15) is 24.0 Å². The number of benzene rings is 1. The maximum Gasteiger partial charge on any atom is 0.312 e. The minimum Gasteiger partial charge on any atom is -0.368 e. The summed E-state index contributed by atoms with van der Waals surface area (Å²) in [6.45, 7) is 9.11. The standard InChI is InChI=1S/C21H29N3O4/c1-16-4-3-5-18(17(16)2)22-10-12-24(13-11-22)20(26)19(25)23-8-6-21(7-9-23)27-14-15-28-21/h3-5H,6-15H2,1-2H3. The zero-order chi connectivity index (χ0) is 19.7. The van der Waals surface area contributed by atoms with Crippen molar-refractivity contribution >= 4 is 17.5 Å². The SMILES string of the molecule is Cc1cccc(N2CCN(C(=O)C(=O)N3CCC4(CC3)OCCO4)CC2)c1C. The maximum absolute atomic E-state index is 12.7. The highest BCUT2D eigenvalue weighted by molar-refractivity contribution is 6.34. The zero-order valence-corrected chi connectivity index (χ0v) is 16.8. The van der Waals surface area contributed by atoms with Crippen molar-refractivity contribution in [3.8, 4) is 0 Å². The van der Waals surface area contributed by atoms with Gasteiger partial charge in [-0.25, -0.2) is 0 Å². The molecule has 0 bridgehead atoms. The van der Waals surface area contributed by atoms with E-state index in [0.29, 0.717) is 52.2 Å². The van der Waals surface area contributed by atoms with Crippen LogP contribution in [0.3, 0.4) is 0 Å². The number of anilines is 1. The first-order valence-electron chi connectivity index (χ1n) is 10.2. The van der Waals surface area contributed by atoms with Gasteiger partial charge in [0.15, 0.2) is 5.79 Å². The average molecular weight is 387 g/mol. The molecule has 28 heavy (non-hydrogen) atoms. The van der Waals surface area contributed by atoms with Gasteiger partial charge in [-0.15, -0.1) is 0 Å². The van der Waals surface area contributed by atoms with Gasteiger partial charge in [0.1, 0.15) is 0 Å². The average Bonchev–Trinajstić information content (AvgIpc) is 3.18. The molecule has 0 saturated carbocycles. The highest BCUT2D eigenvalue weighted by atomic mass is 16.7. The molecule has 0 aliphatic carbocycles. The number of amides is 2. The van der Waals surface area contributed by atoms with Crippen LogP contribution in [0, 0.1) is 13.8 Å². The molecule has 1 spiro atoms. The molecule has 7 heteroatoms. The fourth-order valence-corrected chi connectivity index (χ4v) is 4.34. The fraction of sp³-hybridized carbons (Fsp3) is 0.619. The third-order valence-electron chi connectivity index (χ3n) is 6.29. The Balaban J connectivity index is 1.31. The molecule has 1 aromatic carbocycles. The van der Waals surface area contributed by atoms with Gasteiger partial charge in [-0.2, -0.15) is 0 Å². The van der Waals surface area contributed by atoms with Crippen LogP contribution in [0.2, 0.25) is 0 Å². The van der Waals surface area contributed by atoms with Gasteiger partial charge in [-0.3, -0.25) is 9.59 Å². The molecule has 3 saturated heterocycles. The molecule has 1 aromatic rings. The monoisotopic (exact) mass is 387 g/mol. The Bertz CT molecular complexity index is 742. The van der Waals surface area contributed by atoms with Crippen molar-refractivity contribution in [1.82, 2.24) is 9.80 Å². The summed E-state index contributed by atoms with van der Waals surface area (Å²) in [5.74, 6) is -1.31. The molecule has 0 atom stereocenters. The number of piperidine rings is 1. The topological polar surface area (TPSA) is 62.3 Å². The van der Waals surface area contributed by atoms with Gasteiger partial charge in [-0.05, 0) is 31.0 Å². The number of carbonyl (C=O) groups excluding carboxylic acids is 2. The van der Waals surface area contributed by atoms with Crippen LogP contribution >= 0.6 is 0 Å². The van der Waals surface area contributed by atoms with E-state index in [4.69, 9.17) is 9.47 Å². The lowest BCUT2D eigenvalue weighted by Crippen LogP contribution is -2.55. The van der Waals surface area contributed by atoms with E-state index in [2.05, 4.69) is 36.9 Å². The van der Waals surface area contributed by atoms with E-state index in [-0.39, 0.29) is 5.91 Å². The van der Waals surface area contributed by atoms with Crippen LogP contribution < -0.4 is 4.90 Å². The second kappa shape index (κ2) is 7.72. The Labute approximate surface area is 166 Å². The molecule has 152 valence electrons. The molecular weight excluding hydrogens is 358 g/mol. The number of hydrogen-bond acceptors (Lipinski definition) is 5. The van der Waals surface area contributed by atoms with E-state index in [9.17, 15) is 9.59 Å². The Morgan fingerprint density at radius 3 is 2.04 bits per heavy atom. The summed E-state index contributed by atoms with van der Waals surface area (Å²) in [7, 11) is 0. The zero-order valence-electron chi connectivity index (χ0n) is 16.8. The summed E-state index contributed by atoms with van der Waals surface area (Å²) in [6.07, 6.45) is 1.26. The predicted molar refractivity (Wildman–Crippen MR) is 105 cm³/mol. The fourth-order valence-electron chi connectivity index (χ4n) is 4.34. The van der Waals surface area contributed by atoms with Crippen molar-refractivity contribution < 1.29 is 19.1 Å². The van der Waals surface area contributed by atoms with Crippen LogP contribution in [-0.2, 0) is 19.1 Å². The summed E-state index contributed by atoms with van der Waals surface area (Å²) in [6, 6.07) is 6.31. The van der Waals surface area contributed by atoms with E-state index in [1.807, 2.05) is 0 Å². The molecule has 3 heterocycles. The minimum atomic E-state index is -0.531. The van der Waals surface area contributed by atoms with Crippen molar-refractivity contribution in [2.45, 2.75) is 32.5 Å². The number of carbonyl (C=O) groups is 2. The predicted octanol–water partition coefficient (Wildman–Crippen LogP) is 1.32. The van der Waals surface area contributed by atoms with Crippen LogP contribution in [0.5, 0.6) is 0 Å². The lowest BCUT2D eigenvalue weighted by molar-refractivity contribution is -0.188. The van der Waals surface area contributed by atoms with E-state index < -0.39 is 11.7 Å². The molecule has 3 aliphatic rings. The van der Waals surface area contributed by atoms with Gasteiger partial charge < -0.3 is 24.2 Å². The van der Waals surface area contributed by atoms with E-state index >= 15 is 0 Å².